The second-order valence-electron chi connectivity index (χ2n) is 5.50. The van der Waals surface area contributed by atoms with E-state index in [4.69, 9.17) is 0 Å². The van der Waals surface area contributed by atoms with Gasteiger partial charge in [0.15, 0.2) is 0 Å². The van der Waals surface area contributed by atoms with Gasteiger partial charge >= 0.3 is 0 Å². The second-order valence-corrected chi connectivity index (χ2v) is 6.62. The van der Waals surface area contributed by atoms with Gasteiger partial charge in [-0.15, -0.1) is 8.19 Å². The summed E-state index contributed by atoms with van der Waals surface area (Å²) in [5.74, 6) is 2.35. The van der Waals surface area contributed by atoms with E-state index in [1.807, 2.05) is 0 Å². The standard InChI is InChI=1S/C19H22P/c1-3-7-14-11-12-20-19(14)18-13-15-9-5-6-10-16(15)17(18)8-4-2/h5-6,9-13,20H,3-4,7-8H2,1-2H3. The average Bonchev–Trinajstić information content (AvgIpc) is 3.05. The number of hydrogen-bond acceptors (Lipinski definition) is 0. The van der Waals surface area contributed by atoms with Crippen molar-refractivity contribution < 1.29 is 0 Å². The van der Waals surface area contributed by atoms with Gasteiger partial charge in [0.05, 0.1) is 0 Å². The third kappa shape index (κ3) is 2.38. The summed E-state index contributed by atoms with van der Waals surface area (Å²) in [6, 6.07) is 11.2. The first-order chi connectivity index (χ1) is 9.85. The van der Waals surface area contributed by atoms with E-state index in [0.717, 1.165) is 8.19 Å². The molecule has 1 aliphatic rings. The van der Waals surface area contributed by atoms with Gasteiger partial charge in [0.2, 0.25) is 0 Å². The summed E-state index contributed by atoms with van der Waals surface area (Å²) in [6.07, 6.45) is 7.28. The molecule has 0 N–H and O–H groups in total. The Hall–Kier alpha value is -1.26. The largest absolute Gasteiger partial charge is 0.132 e. The van der Waals surface area contributed by atoms with E-state index in [-0.39, 0.29) is 0 Å². The topological polar surface area (TPSA) is 0 Å². The fraction of sp³-hybridized carbons (Fsp3) is 0.316. The molecule has 1 aliphatic carbocycles. The van der Waals surface area contributed by atoms with Crippen molar-refractivity contribution >= 4 is 19.3 Å². The highest BCUT2D eigenvalue weighted by atomic mass is 31.0. The maximum absolute atomic E-state index is 2.42. The van der Waals surface area contributed by atoms with Gasteiger partial charge in [-0.2, -0.15) is 0 Å². The molecule has 1 atom stereocenters. The predicted molar refractivity (Wildman–Crippen MR) is 91.5 cm³/mol. The Morgan fingerprint density at radius 3 is 2.55 bits per heavy atom. The smallest absolute Gasteiger partial charge is 0.0218 e. The Morgan fingerprint density at radius 2 is 1.75 bits per heavy atom. The van der Waals surface area contributed by atoms with Crippen LogP contribution in [0.15, 0.2) is 36.1 Å². The maximum Gasteiger partial charge on any atom is 0.0218 e. The number of benzene rings is 1. The van der Waals surface area contributed by atoms with E-state index in [1.54, 1.807) is 16.4 Å². The van der Waals surface area contributed by atoms with Crippen molar-refractivity contribution in [2.24, 2.45) is 0 Å². The third-order valence-corrected chi connectivity index (χ3v) is 5.25. The van der Waals surface area contributed by atoms with Gasteiger partial charge in [0.1, 0.15) is 0 Å². The summed E-state index contributed by atoms with van der Waals surface area (Å²) in [4.78, 5) is 0. The lowest BCUT2D eigenvalue weighted by Gasteiger charge is -2.09. The zero-order valence-corrected chi connectivity index (χ0v) is 13.4. The van der Waals surface area contributed by atoms with Crippen LogP contribution in [0.25, 0.3) is 11.1 Å². The number of fused-ring (bicyclic) bond motifs is 1. The third-order valence-electron chi connectivity index (χ3n) is 4.03. The fourth-order valence-electron chi connectivity index (χ4n) is 3.16. The number of rotatable bonds is 5. The van der Waals surface area contributed by atoms with Crippen LogP contribution in [0.1, 0.15) is 55.1 Å². The molecule has 0 aliphatic heterocycles. The van der Waals surface area contributed by atoms with Crippen LogP contribution in [0.4, 0.5) is 0 Å². The molecule has 1 heteroatoms. The Morgan fingerprint density at radius 1 is 0.950 bits per heavy atom. The fourth-order valence-corrected chi connectivity index (χ4v) is 4.38. The molecule has 1 radical (unpaired) electrons. The second kappa shape index (κ2) is 6.02. The van der Waals surface area contributed by atoms with E-state index in [0.29, 0.717) is 0 Å². The highest BCUT2D eigenvalue weighted by molar-refractivity contribution is 7.31. The van der Waals surface area contributed by atoms with Crippen LogP contribution in [-0.2, 0) is 6.42 Å². The molecule has 3 rings (SSSR count). The molecule has 0 nitrogen and oxygen atoms in total. The number of aryl methyl sites for hydroxylation is 1. The van der Waals surface area contributed by atoms with Gasteiger partial charge < -0.3 is 0 Å². The highest BCUT2D eigenvalue weighted by Gasteiger charge is 2.23. The van der Waals surface area contributed by atoms with Crippen LogP contribution in [0, 0.1) is 6.42 Å². The first-order valence-corrected chi connectivity index (χ1v) is 8.76. The van der Waals surface area contributed by atoms with Crippen molar-refractivity contribution in [3.8, 4) is 0 Å². The molecule has 0 amide bonds. The highest BCUT2D eigenvalue weighted by Crippen LogP contribution is 2.45. The molecule has 0 spiro atoms. The predicted octanol–water partition coefficient (Wildman–Crippen LogP) is 5.95. The lowest BCUT2D eigenvalue weighted by atomic mass is 9.99. The summed E-state index contributed by atoms with van der Waals surface area (Å²) in [7, 11) is 0.852. The van der Waals surface area contributed by atoms with Crippen molar-refractivity contribution in [3.63, 3.8) is 0 Å². The van der Waals surface area contributed by atoms with Crippen LogP contribution in [0.5, 0.6) is 0 Å². The van der Waals surface area contributed by atoms with Crippen LogP contribution < -0.4 is 0 Å². The van der Waals surface area contributed by atoms with Crippen LogP contribution >= 0.6 is 8.19 Å². The van der Waals surface area contributed by atoms with Gasteiger partial charge in [-0.25, -0.2) is 0 Å². The molecule has 0 fully saturated rings. The van der Waals surface area contributed by atoms with Gasteiger partial charge in [-0.05, 0) is 51.8 Å². The Labute approximate surface area is 124 Å². The van der Waals surface area contributed by atoms with Crippen molar-refractivity contribution in [1.82, 2.24) is 0 Å². The van der Waals surface area contributed by atoms with Crippen molar-refractivity contribution in [2.75, 3.05) is 0 Å². The van der Waals surface area contributed by atoms with Crippen LogP contribution in [0.2, 0.25) is 0 Å². The molecule has 1 unspecified atom stereocenters. The SMILES string of the molecule is CCCC1=C(c2[pH]ccc2CCC)[CH]c2ccccc21. The molecule has 20 heavy (non-hydrogen) atoms. The van der Waals surface area contributed by atoms with Gasteiger partial charge in [-0.3, -0.25) is 0 Å². The Kier molecular flexibility index (Phi) is 4.13. The minimum absolute atomic E-state index is 0.852. The van der Waals surface area contributed by atoms with Crippen molar-refractivity contribution in [3.05, 3.63) is 64.5 Å². The first-order valence-electron chi connectivity index (χ1n) is 7.69. The van der Waals surface area contributed by atoms with Crippen LogP contribution in [0.3, 0.4) is 0 Å². The monoisotopic (exact) mass is 281 g/mol. The average molecular weight is 281 g/mol. The molecule has 1 aromatic carbocycles. The summed E-state index contributed by atoms with van der Waals surface area (Å²) < 4.78 is 0. The van der Waals surface area contributed by atoms with E-state index in [2.05, 4.69) is 56.4 Å². The molecule has 2 aromatic rings. The Balaban J connectivity index is 2.07. The minimum atomic E-state index is 0.852. The van der Waals surface area contributed by atoms with Gasteiger partial charge in [0.25, 0.3) is 0 Å². The minimum Gasteiger partial charge on any atom is -0.132 e. The molecule has 0 bridgehead atoms. The molecular formula is C19H22P. The summed E-state index contributed by atoms with van der Waals surface area (Å²) >= 11 is 0. The number of hydrogen-bond donors (Lipinski definition) is 0. The molecule has 1 heterocycles. The van der Waals surface area contributed by atoms with Crippen molar-refractivity contribution in [2.45, 2.75) is 39.5 Å². The van der Waals surface area contributed by atoms with E-state index in [9.17, 15) is 0 Å². The zero-order valence-electron chi connectivity index (χ0n) is 12.4. The normalized spacial score (nSPS) is 14.3. The zero-order chi connectivity index (χ0) is 13.9. The van der Waals surface area contributed by atoms with E-state index >= 15 is 0 Å². The summed E-state index contributed by atoms with van der Waals surface area (Å²) in [5, 5.41) is 1.60. The van der Waals surface area contributed by atoms with Crippen molar-refractivity contribution in [1.29, 1.82) is 0 Å². The molecule has 0 saturated heterocycles. The lowest BCUT2D eigenvalue weighted by molar-refractivity contribution is 0.924. The van der Waals surface area contributed by atoms with E-state index < -0.39 is 0 Å². The first kappa shape index (κ1) is 13.7. The quantitative estimate of drug-likeness (QED) is 0.635. The molecule has 103 valence electrons. The van der Waals surface area contributed by atoms with Gasteiger partial charge in [0, 0.05) is 6.42 Å². The molecule has 0 saturated carbocycles. The van der Waals surface area contributed by atoms with Gasteiger partial charge in [-0.1, -0.05) is 57.0 Å². The van der Waals surface area contributed by atoms with E-state index in [1.165, 1.54) is 42.4 Å². The maximum atomic E-state index is 2.42. The lowest BCUT2D eigenvalue weighted by Crippen LogP contribution is -1.88. The molecule has 1 aromatic heterocycles. The Bertz CT molecular complexity index is 631. The number of allylic oxidation sites excluding steroid dienone is 2. The summed E-state index contributed by atoms with van der Waals surface area (Å²) in [5.41, 5.74) is 7.54. The summed E-state index contributed by atoms with van der Waals surface area (Å²) in [6.45, 7) is 4.55. The van der Waals surface area contributed by atoms with Crippen LogP contribution in [-0.4, -0.2) is 0 Å². The molecular weight excluding hydrogens is 259 g/mol.